The molecule has 0 saturated heterocycles. The quantitative estimate of drug-likeness (QED) is 0.883. The number of aliphatic carboxylic acids is 1. The highest BCUT2D eigenvalue weighted by molar-refractivity contribution is 7.13. The van der Waals surface area contributed by atoms with E-state index in [1.165, 1.54) is 11.3 Å². The van der Waals surface area contributed by atoms with Crippen LogP contribution >= 0.6 is 22.9 Å². The van der Waals surface area contributed by atoms with Crippen molar-refractivity contribution in [3.05, 3.63) is 39.9 Å². The van der Waals surface area contributed by atoms with E-state index in [-0.39, 0.29) is 6.42 Å². The zero-order chi connectivity index (χ0) is 14.5. The average Bonchev–Trinajstić information content (AvgIpc) is 2.84. The van der Waals surface area contributed by atoms with Gasteiger partial charge >= 0.3 is 5.97 Å². The van der Waals surface area contributed by atoms with Crippen LogP contribution in [0.25, 0.3) is 0 Å². The van der Waals surface area contributed by atoms with Gasteiger partial charge in [-0.05, 0) is 18.2 Å². The number of rotatable bonds is 5. The number of hydrogen-bond acceptors (Lipinski definition) is 5. The number of nitrogens with one attached hydrogen (secondary N) is 1. The number of anilines is 2. The van der Waals surface area contributed by atoms with Crippen molar-refractivity contribution in [1.82, 2.24) is 4.98 Å². The van der Waals surface area contributed by atoms with Crippen LogP contribution in [0, 0.1) is 11.3 Å². The molecule has 0 radical (unpaired) electrons. The van der Waals surface area contributed by atoms with Crippen molar-refractivity contribution in [3.63, 3.8) is 0 Å². The second kappa shape index (κ2) is 6.37. The van der Waals surface area contributed by atoms with E-state index in [0.29, 0.717) is 22.1 Å². The Hall–Kier alpha value is -2.10. The molecule has 0 spiro atoms. The van der Waals surface area contributed by atoms with E-state index in [2.05, 4.69) is 10.3 Å². The first-order valence-corrected chi connectivity index (χ1v) is 6.97. The monoisotopic (exact) mass is 307 g/mol. The first kappa shape index (κ1) is 14.3. The number of hydrogen-bond donors (Lipinski definition) is 2. The van der Waals surface area contributed by atoms with Crippen LogP contribution in [-0.2, 0) is 11.2 Å². The number of carbonyl (C=O) groups is 1. The zero-order valence-electron chi connectivity index (χ0n) is 10.3. The van der Waals surface area contributed by atoms with Gasteiger partial charge in [-0.3, -0.25) is 4.79 Å². The van der Waals surface area contributed by atoms with Gasteiger partial charge in [-0.1, -0.05) is 11.6 Å². The van der Waals surface area contributed by atoms with E-state index in [0.717, 1.165) is 11.4 Å². The van der Waals surface area contributed by atoms with Crippen molar-refractivity contribution in [3.8, 4) is 6.07 Å². The highest BCUT2D eigenvalue weighted by atomic mass is 35.5. The summed E-state index contributed by atoms with van der Waals surface area (Å²) in [5, 5.41) is 23.3. The van der Waals surface area contributed by atoms with Crippen LogP contribution in [0.15, 0.2) is 23.6 Å². The minimum atomic E-state index is -0.841. The fraction of sp³-hybridized carbons (Fsp3) is 0.154. The molecule has 0 fully saturated rings. The number of halogens is 1. The van der Waals surface area contributed by atoms with E-state index >= 15 is 0 Å². The molecule has 0 bridgehead atoms. The van der Waals surface area contributed by atoms with Crippen molar-refractivity contribution < 1.29 is 9.90 Å². The van der Waals surface area contributed by atoms with Crippen LogP contribution in [-0.4, -0.2) is 16.1 Å². The van der Waals surface area contributed by atoms with Gasteiger partial charge in [0.2, 0.25) is 0 Å². The van der Waals surface area contributed by atoms with E-state index in [4.69, 9.17) is 22.0 Å². The second-order valence-corrected chi connectivity index (χ2v) is 5.23. The van der Waals surface area contributed by atoms with Gasteiger partial charge in [0.1, 0.15) is 6.07 Å². The normalized spacial score (nSPS) is 10.0. The van der Waals surface area contributed by atoms with Crippen LogP contribution in [0.1, 0.15) is 17.7 Å². The molecule has 0 aliphatic carbocycles. The molecule has 0 atom stereocenters. The van der Waals surface area contributed by atoms with Gasteiger partial charge in [0.05, 0.1) is 22.7 Å². The molecule has 1 aromatic carbocycles. The Balaban J connectivity index is 2.05. The smallest absolute Gasteiger partial charge is 0.303 e. The highest BCUT2D eigenvalue weighted by Crippen LogP contribution is 2.25. The second-order valence-electron chi connectivity index (χ2n) is 3.97. The Labute approximate surface area is 124 Å². The number of carboxylic acids is 1. The number of nitriles is 1. The minimum absolute atomic E-state index is 0.0614. The van der Waals surface area contributed by atoms with Crippen LogP contribution < -0.4 is 5.32 Å². The molecule has 2 rings (SSSR count). The summed E-state index contributed by atoms with van der Waals surface area (Å²) in [4.78, 5) is 14.8. The topological polar surface area (TPSA) is 86.0 Å². The molecule has 0 saturated carbocycles. The first-order chi connectivity index (χ1) is 9.58. The highest BCUT2D eigenvalue weighted by Gasteiger charge is 2.06. The molecule has 0 amide bonds. The Morgan fingerprint density at radius 2 is 2.35 bits per heavy atom. The standard InChI is InChI=1S/C13H10ClN3O2S/c14-11-5-9(2-1-8(11)6-15)16-13-17-10(7-20-13)3-4-12(18)19/h1-2,5,7H,3-4H2,(H,16,17)(H,18,19). The fourth-order valence-electron chi connectivity index (χ4n) is 1.52. The van der Waals surface area contributed by atoms with Gasteiger partial charge in [-0.2, -0.15) is 5.26 Å². The SMILES string of the molecule is N#Cc1ccc(Nc2nc(CCC(=O)O)cs2)cc1Cl. The van der Waals surface area contributed by atoms with Crippen molar-refractivity contribution in [2.75, 3.05) is 5.32 Å². The average molecular weight is 308 g/mol. The number of aromatic nitrogens is 1. The zero-order valence-corrected chi connectivity index (χ0v) is 11.8. The number of thiazole rings is 1. The van der Waals surface area contributed by atoms with E-state index < -0.39 is 5.97 Å². The molecule has 0 aliphatic heterocycles. The largest absolute Gasteiger partial charge is 0.481 e. The summed E-state index contributed by atoms with van der Waals surface area (Å²) in [5.74, 6) is -0.841. The van der Waals surface area contributed by atoms with Gasteiger partial charge in [0.15, 0.2) is 5.13 Å². The molecular weight excluding hydrogens is 298 g/mol. The molecule has 20 heavy (non-hydrogen) atoms. The molecule has 1 aromatic heterocycles. The third-order valence-corrected chi connectivity index (χ3v) is 3.61. The number of carboxylic acid groups (broad SMARTS) is 1. The molecule has 5 nitrogen and oxygen atoms in total. The summed E-state index contributed by atoms with van der Waals surface area (Å²) in [5.41, 5.74) is 1.88. The summed E-state index contributed by atoms with van der Waals surface area (Å²) in [6, 6.07) is 7.01. The molecule has 7 heteroatoms. The predicted molar refractivity (Wildman–Crippen MR) is 77.5 cm³/mol. The first-order valence-electron chi connectivity index (χ1n) is 5.71. The third-order valence-electron chi connectivity index (χ3n) is 2.49. The maximum absolute atomic E-state index is 10.5. The van der Waals surface area contributed by atoms with E-state index in [1.54, 1.807) is 18.2 Å². The molecule has 102 valence electrons. The number of nitrogens with zero attached hydrogens (tertiary/aromatic N) is 2. The summed E-state index contributed by atoms with van der Waals surface area (Å²) >= 11 is 7.33. The lowest BCUT2D eigenvalue weighted by Gasteiger charge is -2.03. The number of benzene rings is 1. The van der Waals surface area contributed by atoms with Gasteiger partial charge in [0.25, 0.3) is 0 Å². The number of aryl methyl sites for hydroxylation is 1. The lowest BCUT2D eigenvalue weighted by atomic mass is 10.2. The van der Waals surface area contributed by atoms with E-state index in [9.17, 15) is 4.79 Å². The van der Waals surface area contributed by atoms with Gasteiger partial charge < -0.3 is 10.4 Å². The molecule has 2 N–H and O–H groups in total. The maximum Gasteiger partial charge on any atom is 0.303 e. The summed E-state index contributed by atoms with van der Waals surface area (Å²) in [6.07, 6.45) is 0.466. The van der Waals surface area contributed by atoms with Crippen LogP contribution in [0.5, 0.6) is 0 Å². The summed E-state index contributed by atoms with van der Waals surface area (Å²) < 4.78 is 0. The Morgan fingerprint density at radius 1 is 1.55 bits per heavy atom. The Bertz CT molecular complexity index is 678. The fourth-order valence-corrected chi connectivity index (χ4v) is 2.51. The molecule has 0 aliphatic rings. The predicted octanol–water partition coefficient (Wildman–Crippen LogP) is 3.43. The van der Waals surface area contributed by atoms with Gasteiger partial charge in [0, 0.05) is 17.5 Å². The molecular formula is C13H10ClN3O2S. The molecule has 0 unspecified atom stereocenters. The Kier molecular flexibility index (Phi) is 4.56. The lowest BCUT2D eigenvalue weighted by Crippen LogP contribution is -1.98. The third kappa shape index (κ3) is 3.70. The van der Waals surface area contributed by atoms with Crippen molar-refractivity contribution in [2.24, 2.45) is 0 Å². The maximum atomic E-state index is 10.5. The lowest BCUT2D eigenvalue weighted by molar-refractivity contribution is -0.136. The summed E-state index contributed by atoms with van der Waals surface area (Å²) in [6.45, 7) is 0. The Morgan fingerprint density at radius 3 is 3.00 bits per heavy atom. The molecule has 1 heterocycles. The van der Waals surface area contributed by atoms with Gasteiger partial charge in [-0.15, -0.1) is 11.3 Å². The van der Waals surface area contributed by atoms with Crippen molar-refractivity contribution >= 4 is 39.7 Å². The van der Waals surface area contributed by atoms with Crippen molar-refractivity contribution in [2.45, 2.75) is 12.8 Å². The summed E-state index contributed by atoms with van der Waals surface area (Å²) in [7, 11) is 0. The van der Waals surface area contributed by atoms with Gasteiger partial charge in [-0.25, -0.2) is 4.98 Å². The van der Waals surface area contributed by atoms with Crippen LogP contribution in [0.2, 0.25) is 5.02 Å². The van der Waals surface area contributed by atoms with Crippen LogP contribution in [0.3, 0.4) is 0 Å². The minimum Gasteiger partial charge on any atom is -0.481 e. The van der Waals surface area contributed by atoms with Crippen LogP contribution in [0.4, 0.5) is 10.8 Å². The van der Waals surface area contributed by atoms with E-state index in [1.807, 2.05) is 11.4 Å². The van der Waals surface area contributed by atoms with Crippen molar-refractivity contribution in [1.29, 1.82) is 5.26 Å². The molecule has 2 aromatic rings.